The molecule has 0 fully saturated rings. The van der Waals surface area contributed by atoms with Crippen molar-refractivity contribution in [1.82, 2.24) is 0 Å². The fourth-order valence-electron chi connectivity index (χ4n) is 0.820. The molecule has 7 heteroatoms. The maximum atomic E-state index is 12.6. The lowest BCUT2D eigenvalue weighted by molar-refractivity contribution is 0.584. The van der Waals surface area contributed by atoms with E-state index in [1.54, 1.807) is 0 Å². The minimum Gasteiger partial charge on any atom is -0.282 e. The molecule has 14 heavy (non-hydrogen) atoms. The standard InChI is InChI=1S/C7H6ClF2NO2S/c8-4-14(12,13)11-7-2-5(9)1-6(10)3-7/h1-3,11H,4H2. The third kappa shape index (κ3) is 3.12. The molecule has 0 aliphatic rings. The molecule has 0 saturated carbocycles. The number of rotatable bonds is 3. The van der Waals surface area contributed by atoms with Gasteiger partial charge in [0.15, 0.2) is 0 Å². The normalized spacial score (nSPS) is 11.4. The zero-order chi connectivity index (χ0) is 10.8. The van der Waals surface area contributed by atoms with Gasteiger partial charge in [0, 0.05) is 6.07 Å². The van der Waals surface area contributed by atoms with Gasteiger partial charge in [0.05, 0.1) is 5.69 Å². The molecule has 0 unspecified atom stereocenters. The quantitative estimate of drug-likeness (QED) is 0.822. The summed E-state index contributed by atoms with van der Waals surface area (Å²) in [5, 5.41) is -0.675. The van der Waals surface area contributed by atoms with Gasteiger partial charge in [-0.2, -0.15) is 0 Å². The SMILES string of the molecule is O=S(=O)(CCl)Nc1cc(F)cc(F)c1. The minimum atomic E-state index is -3.72. The van der Waals surface area contributed by atoms with E-state index < -0.39 is 26.9 Å². The highest BCUT2D eigenvalue weighted by atomic mass is 35.5. The molecule has 1 aromatic carbocycles. The highest BCUT2D eigenvalue weighted by Gasteiger charge is 2.09. The Morgan fingerprint density at radius 3 is 2.14 bits per heavy atom. The molecular weight excluding hydrogens is 236 g/mol. The molecule has 0 amide bonds. The van der Waals surface area contributed by atoms with Crippen molar-refractivity contribution >= 4 is 27.3 Å². The van der Waals surface area contributed by atoms with Gasteiger partial charge in [0.2, 0.25) is 10.0 Å². The second-order valence-corrected chi connectivity index (χ2v) is 4.79. The van der Waals surface area contributed by atoms with E-state index in [1.165, 1.54) is 0 Å². The second kappa shape index (κ2) is 4.10. The molecule has 1 N–H and O–H groups in total. The molecule has 78 valence electrons. The van der Waals surface area contributed by atoms with E-state index in [0.29, 0.717) is 6.07 Å². The van der Waals surface area contributed by atoms with Crippen LogP contribution in [-0.2, 0) is 10.0 Å². The van der Waals surface area contributed by atoms with Gasteiger partial charge in [-0.25, -0.2) is 17.2 Å². The fourth-order valence-corrected chi connectivity index (χ4v) is 1.51. The molecule has 0 spiro atoms. The number of hydrogen-bond acceptors (Lipinski definition) is 2. The van der Waals surface area contributed by atoms with Crippen molar-refractivity contribution < 1.29 is 17.2 Å². The number of hydrogen-bond donors (Lipinski definition) is 1. The first kappa shape index (κ1) is 11.2. The molecule has 0 aliphatic heterocycles. The van der Waals surface area contributed by atoms with Gasteiger partial charge in [0.1, 0.15) is 16.8 Å². The Bertz CT molecular complexity index is 415. The van der Waals surface area contributed by atoms with E-state index in [9.17, 15) is 17.2 Å². The first-order valence-electron chi connectivity index (χ1n) is 3.45. The van der Waals surface area contributed by atoms with Crippen molar-refractivity contribution in [2.45, 2.75) is 0 Å². The fraction of sp³-hybridized carbons (Fsp3) is 0.143. The van der Waals surface area contributed by atoms with Crippen molar-refractivity contribution in [3.63, 3.8) is 0 Å². The summed E-state index contributed by atoms with van der Waals surface area (Å²) in [6.45, 7) is 0. The van der Waals surface area contributed by atoms with Gasteiger partial charge in [-0.05, 0) is 12.1 Å². The lowest BCUT2D eigenvalue weighted by Gasteiger charge is -2.04. The largest absolute Gasteiger partial charge is 0.282 e. The molecule has 0 heterocycles. The Balaban J connectivity index is 2.98. The van der Waals surface area contributed by atoms with Crippen LogP contribution >= 0.6 is 11.6 Å². The number of nitrogens with one attached hydrogen (secondary N) is 1. The van der Waals surface area contributed by atoms with Crippen LogP contribution in [0.4, 0.5) is 14.5 Å². The summed E-state index contributed by atoms with van der Waals surface area (Å²) >= 11 is 5.08. The first-order chi connectivity index (χ1) is 6.43. The first-order valence-corrected chi connectivity index (χ1v) is 5.64. The molecule has 0 radical (unpaired) electrons. The third-order valence-electron chi connectivity index (χ3n) is 1.28. The molecule has 0 aliphatic carbocycles. The van der Waals surface area contributed by atoms with Gasteiger partial charge in [-0.1, -0.05) is 0 Å². The van der Waals surface area contributed by atoms with E-state index in [4.69, 9.17) is 11.6 Å². The van der Waals surface area contributed by atoms with Crippen LogP contribution in [0.3, 0.4) is 0 Å². The van der Waals surface area contributed by atoms with E-state index in [0.717, 1.165) is 12.1 Å². The Morgan fingerprint density at radius 1 is 1.21 bits per heavy atom. The van der Waals surface area contributed by atoms with E-state index in [1.807, 2.05) is 4.72 Å². The summed E-state index contributed by atoms with van der Waals surface area (Å²) in [4.78, 5) is 0. The lowest BCUT2D eigenvalue weighted by atomic mass is 10.3. The number of alkyl halides is 1. The van der Waals surface area contributed by atoms with Gasteiger partial charge in [-0.15, -0.1) is 11.6 Å². The van der Waals surface area contributed by atoms with Crippen LogP contribution in [0.15, 0.2) is 18.2 Å². The van der Waals surface area contributed by atoms with E-state index >= 15 is 0 Å². The molecule has 0 atom stereocenters. The highest BCUT2D eigenvalue weighted by molar-refractivity contribution is 7.93. The Kier molecular flexibility index (Phi) is 3.28. The molecule has 0 aromatic heterocycles. The van der Waals surface area contributed by atoms with Gasteiger partial charge in [0.25, 0.3) is 0 Å². The van der Waals surface area contributed by atoms with Crippen LogP contribution in [0.25, 0.3) is 0 Å². The van der Waals surface area contributed by atoms with E-state index in [2.05, 4.69) is 0 Å². The number of halogens is 3. The van der Waals surface area contributed by atoms with Crippen molar-refractivity contribution in [2.75, 3.05) is 9.93 Å². The van der Waals surface area contributed by atoms with Crippen LogP contribution in [0.2, 0.25) is 0 Å². The van der Waals surface area contributed by atoms with Crippen LogP contribution in [0.5, 0.6) is 0 Å². The Hall–Kier alpha value is -0.880. The Morgan fingerprint density at radius 2 is 1.71 bits per heavy atom. The van der Waals surface area contributed by atoms with Crippen LogP contribution in [0.1, 0.15) is 0 Å². The zero-order valence-corrected chi connectivity index (χ0v) is 8.37. The van der Waals surface area contributed by atoms with Gasteiger partial charge >= 0.3 is 0 Å². The number of benzene rings is 1. The van der Waals surface area contributed by atoms with Crippen molar-refractivity contribution in [1.29, 1.82) is 0 Å². The van der Waals surface area contributed by atoms with Crippen LogP contribution in [-0.4, -0.2) is 13.6 Å². The number of anilines is 1. The second-order valence-electron chi connectivity index (χ2n) is 2.48. The van der Waals surface area contributed by atoms with E-state index in [-0.39, 0.29) is 5.69 Å². The predicted octanol–water partition coefficient (Wildman–Crippen LogP) is 1.90. The molecule has 3 nitrogen and oxygen atoms in total. The van der Waals surface area contributed by atoms with Gasteiger partial charge in [-0.3, -0.25) is 4.72 Å². The smallest absolute Gasteiger partial charge is 0.246 e. The monoisotopic (exact) mass is 241 g/mol. The molecule has 0 bridgehead atoms. The molecule has 1 rings (SSSR count). The average molecular weight is 242 g/mol. The summed E-state index contributed by atoms with van der Waals surface area (Å²) in [5.41, 5.74) is -0.192. The van der Waals surface area contributed by atoms with Crippen LogP contribution in [0, 0.1) is 11.6 Å². The van der Waals surface area contributed by atoms with Crippen molar-refractivity contribution in [3.05, 3.63) is 29.8 Å². The summed E-state index contributed by atoms with van der Waals surface area (Å²) in [6.07, 6.45) is 0. The summed E-state index contributed by atoms with van der Waals surface area (Å²) in [7, 11) is -3.72. The number of sulfonamides is 1. The summed E-state index contributed by atoms with van der Waals surface area (Å²) in [5.74, 6) is -1.73. The molecule has 0 saturated heterocycles. The average Bonchev–Trinajstić information content (AvgIpc) is 2.01. The maximum Gasteiger partial charge on any atom is 0.246 e. The Labute approximate surface area is 84.7 Å². The van der Waals surface area contributed by atoms with Crippen molar-refractivity contribution in [2.24, 2.45) is 0 Å². The third-order valence-corrected chi connectivity index (χ3v) is 2.98. The lowest BCUT2D eigenvalue weighted by Crippen LogP contribution is -2.13. The summed E-state index contributed by atoms with van der Waals surface area (Å²) < 4.78 is 48.9. The topological polar surface area (TPSA) is 46.2 Å². The zero-order valence-electron chi connectivity index (χ0n) is 6.80. The maximum absolute atomic E-state index is 12.6. The predicted molar refractivity (Wildman–Crippen MR) is 49.6 cm³/mol. The van der Waals surface area contributed by atoms with Crippen LogP contribution < -0.4 is 4.72 Å². The van der Waals surface area contributed by atoms with Crippen molar-refractivity contribution in [3.8, 4) is 0 Å². The minimum absolute atomic E-state index is 0.192. The highest BCUT2D eigenvalue weighted by Crippen LogP contribution is 2.14. The summed E-state index contributed by atoms with van der Waals surface area (Å²) in [6, 6.07) is 2.35. The molecular formula is C7H6ClF2NO2S. The van der Waals surface area contributed by atoms with Gasteiger partial charge < -0.3 is 0 Å². The molecule has 1 aromatic rings.